The zero-order chi connectivity index (χ0) is 21.4. The summed E-state index contributed by atoms with van der Waals surface area (Å²) < 4.78 is 11.0. The molecular formula is C20H28N2O6. The first-order chi connectivity index (χ1) is 13.0. The van der Waals surface area contributed by atoms with E-state index in [2.05, 4.69) is 5.32 Å². The highest BCUT2D eigenvalue weighted by molar-refractivity contribution is 5.99. The molecule has 0 aliphatic heterocycles. The number of Topliss-reactive ketones (excluding diaryl/α,β-unsaturated/α-hetero) is 1. The molecule has 0 fully saturated rings. The van der Waals surface area contributed by atoms with E-state index in [-0.39, 0.29) is 36.8 Å². The largest absolute Gasteiger partial charge is 0.489 e. The van der Waals surface area contributed by atoms with Crippen LogP contribution in [0, 0.1) is 0 Å². The van der Waals surface area contributed by atoms with Crippen molar-refractivity contribution in [2.75, 3.05) is 18.5 Å². The average Bonchev–Trinajstić information content (AvgIpc) is 2.56. The number of ketones is 1. The molecule has 0 aliphatic rings. The number of carbonyl (C=O) groups excluding carboxylic acids is 4. The van der Waals surface area contributed by atoms with Crippen LogP contribution in [0.5, 0.6) is 5.75 Å². The molecule has 0 spiro atoms. The normalized spacial score (nSPS) is 11.5. The predicted molar refractivity (Wildman–Crippen MR) is 104 cm³/mol. The van der Waals surface area contributed by atoms with Crippen molar-refractivity contribution in [2.45, 2.75) is 53.7 Å². The Kier molecular flexibility index (Phi) is 8.63. The number of esters is 1. The summed E-state index contributed by atoms with van der Waals surface area (Å²) in [5.74, 6) is -0.822. The monoisotopic (exact) mass is 392 g/mol. The van der Waals surface area contributed by atoms with Crippen molar-refractivity contribution in [2.24, 2.45) is 0 Å². The molecule has 154 valence electrons. The molecule has 0 radical (unpaired) electrons. The molecule has 1 aromatic rings. The van der Waals surface area contributed by atoms with Crippen LogP contribution >= 0.6 is 0 Å². The van der Waals surface area contributed by atoms with Gasteiger partial charge in [0.2, 0.25) is 11.8 Å². The first-order valence-electron chi connectivity index (χ1n) is 9.01. The maximum Gasteiger partial charge on any atom is 0.303 e. The summed E-state index contributed by atoms with van der Waals surface area (Å²) in [4.78, 5) is 48.0. The second-order valence-electron chi connectivity index (χ2n) is 6.76. The van der Waals surface area contributed by atoms with E-state index < -0.39 is 12.1 Å². The Labute approximate surface area is 165 Å². The highest BCUT2D eigenvalue weighted by Crippen LogP contribution is 2.24. The molecular weight excluding hydrogens is 364 g/mol. The van der Waals surface area contributed by atoms with Crippen molar-refractivity contribution in [3.05, 3.63) is 23.8 Å². The highest BCUT2D eigenvalue weighted by atomic mass is 16.6. The zero-order valence-corrected chi connectivity index (χ0v) is 17.2. The number of anilines is 1. The molecule has 0 heterocycles. The predicted octanol–water partition coefficient (Wildman–Crippen LogP) is 2.42. The van der Waals surface area contributed by atoms with Crippen LogP contribution in [0.25, 0.3) is 0 Å². The van der Waals surface area contributed by atoms with Gasteiger partial charge in [-0.1, -0.05) is 0 Å². The lowest BCUT2D eigenvalue weighted by Crippen LogP contribution is -2.44. The minimum Gasteiger partial charge on any atom is -0.489 e. The number of carbonyl (C=O) groups is 4. The number of nitrogens with zero attached hydrogens (tertiary/aromatic N) is 1. The van der Waals surface area contributed by atoms with Crippen molar-refractivity contribution in [1.29, 1.82) is 0 Å². The molecule has 1 unspecified atom stereocenters. The first-order valence-corrected chi connectivity index (χ1v) is 9.01. The standard InChI is InChI=1S/C20H28N2O6/c1-12(2)22(15(5)25)10-18(28-16(6)26)11-27-20-8-7-17(21-14(4)24)9-19(20)13(3)23/h7-9,12,18H,10-11H2,1-6H3,(H,21,24). The Bertz CT molecular complexity index is 744. The lowest BCUT2D eigenvalue weighted by molar-refractivity contribution is -0.151. The summed E-state index contributed by atoms with van der Waals surface area (Å²) in [6.45, 7) is 9.35. The number of hydrogen-bond donors (Lipinski definition) is 1. The molecule has 0 aliphatic carbocycles. The van der Waals surface area contributed by atoms with E-state index in [0.29, 0.717) is 17.0 Å². The van der Waals surface area contributed by atoms with Gasteiger partial charge in [0.25, 0.3) is 0 Å². The summed E-state index contributed by atoms with van der Waals surface area (Å²) in [6, 6.07) is 4.63. The molecule has 1 atom stereocenters. The molecule has 1 aromatic carbocycles. The van der Waals surface area contributed by atoms with E-state index >= 15 is 0 Å². The highest BCUT2D eigenvalue weighted by Gasteiger charge is 2.22. The lowest BCUT2D eigenvalue weighted by atomic mass is 10.1. The summed E-state index contributed by atoms with van der Waals surface area (Å²) in [7, 11) is 0. The molecule has 0 saturated carbocycles. The van der Waals surface area contributed by atoms with Crippen LogP contribution in [0.2, 0.25) is 0 Å². The maximum atomic E-state index is 12.0. The van der Waals surface area contributed by atoms with E-state index in [0.717, 1.165) is 0 Å². The van der Waals surface area contributed by atoms with Crippen molar-refractivity contribution in [3.63, 3.8) is 0 Å². The number of amides is 2. The topological polar surface area (TPSA) is 102 Å². The fourth-order valence-electron chi connectivity index (χ4n) is 2.68. The van der Waals surface area contributed by atoms with Crippen LogP contribution in [-0.4, -0.2) is 53.8 Å². The Hall–Kier alpha value is -2.90. The minimum atomic E-state index is -0.696. The van der Waals surface area contributed by atoms with Gasteiger partial charge in [0.05, 0.1) is 12.1 Å². The Morgan fingerprint density at radius 2 is 1.71 bits per heavy atom. The van der Waals surface area contributed by atoms with Gasteiger partial charge in [-0.3, -0.25) is 19.2 Å². The van der Waals surface area contributed by atoms with Crippen molar-refractivity contribution in [3.8, 4) is 5.75 Å². The van der Waals surface area contributed by atoms with Gasteiger partial charge in [-0.05, 0) is 39.0 Å². The fraction of sp³-hybridized carbons (Fsp3) is 0.500. The molecule has 8 nitrogen and oxygen atoms in total. The molecule has 0 aromatic heterocycles. The Morgan fingerprint density at radius 1 is 1.07 bits per heavy atom. The fourth-order valence-corrected chi connectivity index (χ4v) is 2.68. The van der Waals surface area contributed by atoms with Crippen LogP contribution in [0.4, 0.5) is 5.69 Å². The van der Waals surface area contributed by atoms with Gasteiger partial charge in [0.15, 0.2) is 11.9 Å². The molecule has 1 N–H and O–H groups in total. The van der Waals surface area contributed by atoms with E-state index in [9.17, 15) is 19.2 Å². The summed E-state index contributed by atoms with van der Waals surface area (Å²) in [5, 5.41) is 2.61. The van der Waals surface area contributed by atoms with Crippen LogP contribution in [-0.2, 0) is 19.1 Å². The van der Waals surface area contributed by atoms with E-state index in [1.54, 1.807) is 17.0 Å². The minimum absolute atomic E-state index is 0.0319. The van der Waals surface area contributed by atoms with Crippen molar-refractivity contribution in [1.82, 2.24) is 4.90 Å². The molecule has 1 rings (SSSR count). The lowest BCUT2D eigenvalue weighted by Gasteiger charge is -2.29. The summed E-state index contributed by atoms with van der Waals surface area (Å²) in [5.41, 5.74) is 0.768. The Morgan fingerprint density at radius 3 is 2.18 bits per heavy atom. The number of rotatable bonds is 9. The summed E-state index contributed by atoms with van der Waals surface area (Å²) in [6.07, 6.45) is -0.696. The van der Waals surface area contributed by atoms with Crippen molar-refractivity contribution >= 4 is 29.3 Å². The zero-order valence-electron chi connectivity index (χ0n) is 17.2. The third-order valence-electron chi connectivity index (χ3n) is 3.86. The molecule has 0 saturated heterocycles. The van der Waals surface area contributed by atoms with Gasteiger partial charge in [0.1, 0.15) is 12.4 Å². The second kappa shape index (κ2) is 10.4. The Balaban J connectivity index is 2.99. The van der Waals surface area contributed by atoms with Gasteiger partial charge in [0, 0.05) is 32.5 Å². The van der Waals surface area contributed by atoms with Gasteiger partial charge in [-0.2, -0.15) is 0 Å². The van der Waals surface area contributed by atoms with Crippen LogP contribution < -0.4 is 10.1 Å². The van der Waals surface area contributed by atoms with Crippen molar-refractivity contribution < 1.29 is 28.7 Å². The average molecular weight is 392 g/mol. The maximum absolute atomic E-state index is 12.0. The smallest absolute Gasteiger partial charge is 0.303 e. The number of hydrogen-bond acceptors (Lipinski definition) is 6. The second-order valence-corrected chi connectivity index (χ2v) is 6.76. The van der Waals surface area contributed by atoms with Gasteiger partial charge >= 0.3 is 5.97 Å². The number of ether oxygens (including phenoxy) is 2. The van der Waals surface area contributed by atoms with Crippen LogP contribution in [0.15, 0.2) is 18.2 Å². The van der Waals surface area contributed by atoms with Gasteiger partial charge in [-0.25, -0.2) is 0 Å². The number of nitrogens with one attached hydrogen (secondary N) is 1. The van der Waals surface area contributed by atoms with Gasteiger partial charge < -0.3 is 19.7 Å². The summed E-state index contributed by atoms with van der Waals surface area (Å²) >= 11 is 0. The van der Waals surface area contributed by atoms with Crippen LogP contribution in [0.3, 0.4) is 0 Å². The number of benzene rings is 1. The third-order valence-corrected chi connectivity index (χ3v) is 3.86. The first kappa shape index (κ1) is 23.1. The van der Waals surface area contributed by atoms with E-state index in [1.807, 2.05) is 13.8 Å². The van der Waals surface area contributed by atoms with Gasteiger partial charge in [-0.15, -0.1) is 0 Å². The van der Waals surface area contributed by atoms with Crippen LogP contribution in [0.1, 0.15) is 51.9 Å². The van der Waals surface area contributed by atoms with E-state index in [4.69, 9.17) is 9.47 Å². The molecule has 8 heteroatoms. The van der Waals surface area contributed by atoms with E-state index in [1.165, 1.54) is 33.8 Å². The molecule has 0 bridgehead atoms. The SMILES string of the molecule is CC(=O)Nc1ccc(OCC(CN(C(C)=O)C(C)C)OC(C)=O)c(C(C)=O)c1. The quantitative estimate of drug-likeness (QED) is 0.511. The molecule has 28 heavy (non-hydrogen) atoms. The molecule has 2 amide bonds. The third kappa shape index (κ3) is 7.38.